The summed E-state index contributed by atoms with van der Waals surface area (Å²) in [7, 11) is 4.09. The lowest BCUT2D eigenvalue weighted by Gasteiger charge is -2.19. The average Bonchev–Trinajstić information content (AvgIpc) is 2.38. The summed E-state index contributed by atoms with van der Waals surface area (Å²) < 4.78 is 0. The number of benzene rings is 1. The molecule has 1 unspecified atom stereocenters. The molecule has 1 aromatic carbocycles. The van der Waals surface area contributed by atoms with E-state index in [-0.39, 0.29) is 6.04 Å². The van der Waals surface area contributed by atoms with Crippen LogP contribution in [0, 0.1) is 0 Å². The van der Waals surface area contributed by atoms with Gasteiger partial charge in [-0.15, -0.1) is 0 Å². The third-order valence-corrected chi connectivity index (χ3v) is 2.81. The summed E-state index contributed by atoms with van der Waals surface area (Å²) in [6, 6.07) is 11.9. The van der Waals surface area contributed by atoms with Gasteiger partial charge in [0.2, 0.25) is 0 Å². The summed E-state index contributed by atoms with van der Waals surface area (Å²) in [5.41, 5.74) is 6.83. The number of hydrogen-bond acceptors (Lipinski definition) is 5. The molecule has 20 heavy (non-hydrogen) atoms. The van der Waals surface area contributed by atoms with Crippen molar-refractivity contribution in [3.63, 3.8) is 0 Å². The molecule has 0 aliphatic heterocycles. The Balaban J connectivity index is 2.21. The van der Waals surface area contributed by atoms with E-state index in [1.165, 1.54) is 0 Å². The molecule has 0 saturated carbocycles. The fourth-order valence-corrected chi connectivity index (χ4v) is 2.10. The fourth-order valence-electron chi connectivity index (χ4n) is 2.10. The van der Waals surface area contributed by atoms with Gasteiger partial charge in [-0.2, -0.15) is 0 Å². The van der Waals surface area contributed by atoms with Gasteiger partial charge in [0.15, 0.2) is 5.82 Å². The van der Waals surface area contributed by atoms with E-state index < -0.39 is 0 Å². The summed E-state index contributed by atoms with van der Waals surface area (Å²) >= 11 is 0. The van der Waals surface area contributed by atoms with Crippen LogP contribution in [0.4, 0.5) is 11.6 Å². The number of nitrogen functional groups attached to an aromatic ring is 1. The minimum atomic E-state index is 0.280. The third kappa shape index (κ3) is 3.93. The van der Waals surface area contributed by atoms with Gasteiger partial charge in [-0.1, -0.05) is 30.3 Å². The molecule has 2 aromatic rings. The molecule has 106 valence electrons. The Hall–Kier alpha value is -2.14. The van der Waals surface area contributed by atoms with Crippen LogP contribution in [0.1, 0.15) is 6.92 Å². The van der Waals surface area contributed by atoms with Crippen molar-refractivity contribution in [1.82, 2.24) is 14.9 Å². The second-order valence-electron chi connectivity index (χ2n) is 5.18. The quantitative estimate of drug-likeness (QED) is 0.871. The Bertz CT molecular complexity index is 553. The molecule has 2 rings (SSSR count). The van der Waals surface area contributed by atoms with Crippen LogP contribution in [0.3, 0.4) is 0 Å². The minimum Gasteiger partial charge on any atom is -0.384 e. The molecule has 1 heterocycles. The molecule has 0 spiro atoms. The van der Waals surface area contributed by atoms with E-state index >= 15 is 0 Å². The lowest BCUT2D eigenvalue weighted by Crippen LogP contribution is -2.30. The van der Waals surface area contributed by atoms with Crippen molar-refractivity contribution in [2.24, 2.45) is 0 Å². The Morgan fingerprint density at radius 1 is 1.20 bits per heavy atom. The Labute approximate surface area is 119 Å². The number of hydrogen-bond donors (Lipinski definition) is 2. The molecule has 0 fully saturated rings. The van der Waals surface area contributed by atoms with E-state index in [4.69, 9.17) is 5.73 Å². The van der Waals surface area contributed by atoms with Gasteiger partial charge in [-0.3, -0.25) is 0 Å². The predicted octanol–water partition coefficient (Wildman–Crippen LogP) is 2.09. The highest BCUT2D eigenvalue weighted by Crippen LogP contribution is 2.19. The first-order chi connectivity index (χ1) is 9.54. The van der Waals surface area contributed by atoms with Crippen molar-refractivity contribution in [3.8, 4) is 11.4 Å². The molecule has 0 amide bonds. The van der Waals surface area contributed by atoms with E-state index in [2.05, 4.69) is 27.1 Å². The highest BCUT2D eigenvalue weighted by molar-refractivity contribution is 5.60. The lowest BCUT2D eigenvalue weighted by molar-refractivity contribution is 0.392. The standard InChI is InChI=1S/C15H21N5/c1-11(10-20(2)3)17-14-9-13(16)18-15(19-14)12-7-5-4-6-8-12/h4-9,11H,10H2,1-3H3,(H3,16,17,18,19). The summed E-state index contributed by atoms with van der Waals surface area (Å²) in [5, 5.41) is 3.35. The summed E-state index contributed by atoms with van der Waals surface area (Å²) in [6.07, 6.45) is 0. The topological polar surface area (TPSA) is 67.1 Å². The third-order valence-electron chi connectivity index (χ3n) is 2.81. The smallest absolute Gasteiger partial charge is 0.163 e. The van der Waals surface area contributed by atoms with Gasteiger partial charge in [-0.05, 0) is 21.0 Å². The van der Waals surface area contributed by atoms with Crippen LogP contribution >= 0.6 is 0 Å². The van der Waals surface area contributed by atoms with Crippen LogP contribution in [-0.2, 0) is 0 Å². The van der Waals surface area contributed by atoms with Crippen molar-refractivity contribution in [2.75, 3.05) is 31.7 Å². The van der Waals surface area contributed by atoms with Gasteiger partial charge >= 0.3 is 0 Å². The molecule has 0 saturated heterocycles. The van der Waals surface area contributed by atoms with E-state index in [0.29, 0.717) is 11.6 Å². The summed E-state index contributed by atoms with van der Waals surface area (Å²) in [4.78, 5) is 10.9. The first-order valence-corrected chi connectivity index (χ1v) is 6.66. The molecule has 0 radical (unpaired) electrons. The zero-order valence-corrected chi connectivity index (χ0v) is 12.2. The zero-order chi connectivity index (χ0) is 14.5. The minimum absolute atomic E-state index is 0.280. The molecule has 0 bridgehead atoms. The van der Waals surface area contributed by atoms with Crippen molar-refractivity contribution < 1.29 is 0 Å². The number of anilines is 2. The molecular formula is C15H21N5. The number of aromatic nitrogens is 2. The van der Waals surface area contributed by atoms with E-state index in [1.807, 2.05) is 44.4 Å². The zero-order valence-electron chi connectivity index (χ0n) is 12.2. The van der Waals surface area contributed by atoms with Gasteiger partial charge in [-0.25, -0.2) is 9.97 Å². The summed E-state index contributed by atoms with van der Waals surface area (Å²) in [5.74, 6) is 1.87. The normalized spacial score (nSPS) is 12.4. The predicted molar refractivity (Wildman–Crippen MR) is 83.5 cm³/mol. The maximum atomic E-state index is 5.87. The van der Waals surface area contributed by atoms with Crippen molar-refractivity contribution >= 4 is 11.6 Å². The fraction of sp³-hybridized carbons (Fsp3) is 0.333. The maximum absolute atomic E-state index is 5.87. The first kappa shape index (κ1) is 14.3. The van der Waals surface area contributed by atoms with E-state index in [1.54, 1.807) is 6.07 Å². The van der Waals surface area contributed by atoms with Crippen molar-refractivity contribution in [3.05, 3.63) is 36.4 Å². The molecule has 3 N–H and O–H groups in total. The highest BCUT2D eigenvalue weighted by atomic mass is 15.1. The van der Waals surface area contributed by atoms with Gasteiger partial charge in [0, 0.05) is 24.2 Å². The van der Waals surface area contributed by atoms with Gasteiger partial charge < -0.3 is 16.0 Å². The molecule has 1 atom stereocenters. The van der Waals surface area contributed by atoms with Crippen LogP contribution in [0.5, 0.6) is 0 Å². The van der Waals surface area contributed by atoms with Crippen LogP contribution < -0.4 is 11.1 Å². The number of nitrogens with zero attached hydrogens (tertiary/aromatic N) is 3. The monoisotopic (exact) mass is 271 g/mol. The molecule has 5 nitrogen and oxygen atoms in total. The van der Waals surface area contributed by atoms with Gasteiger partial charge in [0.05, 0.1) is 0 Å². The Kier molecular flexibility index (Phi) is 4.53. The Morgan fingerprint density at radius 3 is 2.55 bits per heavy atom. The van der Waals surface area contributed by atoms with E-state index in [0.717, 1.165) is 17.9 Å². The van der Waals surface area contributed by atoms with Gasteiger partial charge in [0.25, 0.3) is 0 Å². The number of nitrogens with one attached hydrogen (secondary N) is 1. The SMILES string of the molecule is CC(CN(C)C)Nc1cc(N)nc(-c2ccccc2)n1. The Morgan fingerprint density at radius 2 is 1.90 bits per heavy atom. The van der Waals surface area contributed by atoms with Crippen molar-refractivity contribution in [1.29, 1.82) is 0 Å². The number of nitrogens with two attached hydrogens (primary N) is 1. The first-order valence-electron chi connectivity index (χ1n) is 6.66. The molecule has 5 heteroatoms. The van der Waals surface area contributed by atoms with Gasteiger partial charge in [0.1, 0.15) is 11.6 Å². The summed E-state index contributed by atoms with van der Waals surface area (Å²) in [6.45, 7) is 3.03. The second-order valence-corrected chi connectivity index (χ2v) is 5.18. The average molecular weight is 271 g/mol. The molecule has 0 aliphatic rings. The number of rotatable bonds is 5. The van der Waals surface area contributed by atoms with Crippen LogP contribution in [-0.4, -0.2) is 41.5 Å². The van der Waals surface area contributed by atoms with E-state index in [9.17, 15) is 0 Å². The lowest BCUT2D eigenvalue weighted by atomic mass is 10.2. The highest BCUT2D eigenvalue weighted by Gasteiger charge is 2.08. The largest absolute Gasteiger partial charge is 0.384 e. The number of likely N-dealkylation sites (N-methyl/N-ethyl adjacent to an activating group) is 1. The second kappa shape index (κ2) is 6.34. The van der Waals surface area contributed by atoms with Crippen LogP contribution in [0.2, 0.25) is 0 Å². The molecular weight excluding hydrogens is 250 g/mol. The molecule has 0 aliphatic carbocycles. The van der Waals surface area contributed by atoms with Crippen molar-refractivity contribution in [2.45, 2.75) is 13.0 Å². The maximum Gasteiger partial charge on any atom is 0.163 e. The van der Waals surface area contributed by atoms with Crippen LogP contribution in [0.25, 0.3) is 11.4 Å². The molecule has 1 aromatic heterocycles. The van der Waals surface area contributed by atoms with Crippen LogP contribution in [0.15, 0.2) is 36.4 Å².